The van der Waals surface area contributed by atoms with E-state index in [2.05, 4.69) is 0 Å². The summed E-state index contributed by atoms with van der Waals surface area (Å²) in [6.45, 7) is 0.0887. The van der Waals surface area contributed by atoms with Crippen LogP contribution in [0, 0.1) is 5.41 Å². The van der Waals surface area contributed by atoms with Crippen molar-refractivity contribution in [2.75, 3.05) is 6.54 Å². The third-order valence-electron chi connectivity index (χ3n) is 3.90. The molecule has 0 radical (unpaired) electrons. The van der Waals surface area contributed by atoms with Gasteiger partial charge in [-0.25, -0.2) is 0 Å². The number of carbonyl (C=O) groups is 2. The number of amidine groups is 1. The number of benzene rings is 2. The van der Waals surface area contributed by atoms with E-state index in [0.29, 0.717) is 18.5 Å². The predicted molar refractivity (Wildman–Crippen MR) is 95.5 cm³/mol. The average Bonchev–Trinajstić information content (AvgIpc) is 2.60. The van der Waals surface area contributed by atoms with Gasteiger partial charge in [-0.15, -0.1) is 0 Å². The topological polar surface area (TPSA) is 107 Å². The smallest absolute Gasteiger partial charge is 0.317 e. The van der Waals surface area contributed by atoms with Crippen molar-refractivity contribution in [3.05, 3.63) is 71.3 Å². The molecule has 6 heteroatoms. The van der Waals surface area contributed by atoms with E-state index in [9.17, 15) is 14.7 Å². The molecular formula is C19H21N3O3. The first-order valence-electron chi connectivity index (χ1n) is 7.88. The molecule has 2 aromatic rings. The molecule has 1 atom stereocenters. The van der Waals surface area contributed by atoms with Crippen molar-refractivity contribution in [2.24, 2.45) is 5.73 Å². The van der Waals surface area contributed by atoms with Crippen LogP contribution in [0.5, 0.6) is 0 Å². The Hall–Kier alpha value is -2.99. The van der Waals surface area contributed by atoms with Gasteiger partial charge in [-0.2, -0.15) is 0 Å². The maximum absolute atomic E-state index is 11.6. The van der Waals surface area contributed by atoms with E-state index in [4.69, 9.17) is 11.1 Å². The molecule has 0 saturated heterocycles. The highest BCUT2D eigenvalue weighted by Gasteiger charge is 2.21. The van der Waals surface area contributed by atoms with Crippen molar-refractivity contribution in [2.45, 2.75) is 19.0 Å². The number of carbonyl (C=O) groups excluding carboxylic acids is 1. The second-order valence-corrected chi connectivity index (χ2v) is 5.80. The SMILES string of the molecule is N=C(N)c1ccc(CN(CC(=O)O)[C@@H](C=O)Cc2ccccc2)cc1. The van der Waals surface area contributed by atoms with Gasteiger partial charge in [-0.3, -0.25) is 15.1 Å². The summed E-state index contributed by atoms with van der Waals surface area (Å²) in [4.78, 5) is 24.4. The Bertz CT molecular complexity index is 729. The predicted octanol–water partition coefficient (Wildman–Crippen LogP) is 1.67. The van der Waals surface area contributed by atoms with Gasteiger partial charge in [0.05, 0.1) is 12.6 Å². The van der Waals surface area contributed by atoms with Gasteiger partial charge in [0.15, 0.2) is 0 Å². The zero-order chi connectivity index (χ0) is 18.2. The molecule has 4 N–H and O–H groups in total. The van der Waals surface area contributed by atoms with E-state index in [0.717, 1.165) is 17.4 Å². The number of hydrogen-bond donors (Lipinski definition) is 3. The molecule has 0 fully saturated rings. The van der Waals surface area contributed by atoms with Gasteiger partial charge in [0.25, 0.3) is 0 Å². The highest BCUT2D eigenvalue weighted by Crippen LogP contribution is 2.13. The minimum atomic E-state index is -0.986. The minimum absolute atomic E-state index is 0.0243. The number of carboxylic acid groups (broad SMARTS) is 1. The second-order valence-electron chi connectivity index (χ2n) is 5.80. The largest absolute Gasteiger partial charge is 0.480 e. The molecule has 2 rings (SSSR count). The average molecular weight is 339 g/mol. The van der Waals surface area contributed by atoms with Crippen LogP contribution in [-0.4, -0.2) is 40.7 Å². The van der Waals surface area contributed by atoms with Gasteiger partial charge < -0.3 is 15.6 Å². The fraction of sp³-hybridized carbons (Fsp3) is 0.211. The lowest BCUT2D eigenvalue weighted by Gasteiger charge is -2.26. The van der Waals surface area contributed by atoms with Gasteiger partial charge in [0.1, 0.15) is 12.1 Å². The summed E-state index contributed by atoms with van der Waals surface area (Å²) in [5.41, 5.74) is 7.86. The van der Waals surface area contributed by atoms with Gasteiger partial charge in [-0.1, -0.05) is 54.6 Å². The minimum Gasteiger partial charge on any atom is -0.480 e. The lowest BCUT2D eigenvalue weighted by molar-refractivity contribution is -0.139. The van der Waals surface area contributed by atoms with Gasteiger partial charge >= 0.3 is 5.97 Å². The first-order chi connectivity index (χ1) is 12.0. The number of nitrogen functional groups attached to an aromatic ring is 1. The molecule has 25 heavy (non-hydrogen) atoms. The number of nitrogens with two attached hydrogens (primary N) is 1. The molecule has 0 bridgehead atoms. The van der Waals surface area contributed by atoms with E-state index in [1.165, 1.54) is 0 Å². The third kappa shape index (κ3) is 5.54. The molecule has 0 aliphatic rings. The molecule has 0 unspecified atom stereocenters. The van der Waals surface area contributed by atoms with Crippen molar-refractivity contribution in [1.29, 1.82) is 5.41 Å². The molecule has 2 aromatic carbocycles. The van der Waals surface area contributed by atoms with Crippen LogP contribution in [0.3, 0.4) is 0 Å². The second kappa shape index (κ2) is 8.75. The molecule has 0 saturated carbocycles. The fourth-order valence-corrected chi connectivity index (χ4v) is 2.61. The zero-order valence-corrected chi connectivity index (χ0v) is 13.8. The fourth-order valence-electron chi connectivity index (χ4n) is 2.61. The lowest BCUT2D eigenvalue weighted by atomic mass is 10.0. The van der Waals surface area contributed by atoms with Crippen LogP contribution in [0.4, 0.5) is 0 Å². The Morgan fingerprint density at radius 3 is 2.28 bits per heavy atom. The summed E-state index contributed by atoms with van der Waals surface area (Å²) in [5.74, 6) is -1.01. The summed E-state index contributed by atoms with van der Waals surface area (Å²) in [6.07, 6.45) is 1.24. The Labute approximate surface area is 146 Å². The van der Waals surface area contributed by atoms with E-state index in [1.807, 2.05) is 30.3 Å². The van der Waals surface area contributed by atoms with Gasteiger partial charge in [0.2, 0.25) is 0 Å². The summed E-state index contributed by atoms with van der Waals surface area (Å²) in [6, 6.07) is 16.0. The number of nitrogens with one attached hydrogen (secondary N) is 1. The number of rotatable bonds is 9. The standard InChI is InChI=1S/C19H21N3O3/c20-19(21)16-8-6-15(7-9-16)11-22(12-18(24)25)17(13-23)10-14-4-2-1-3-5-14/h1-9,13,17H,10-12H2,(H3,20,21)(H,24,25)/t17-/m1/s1. The maximum Gasteiger partial charge on any atom is 0.317 e. The Kier molecular flexibility index (Phi) is 6.42. The first-order valence-corrected chi connectivity index (χ1v) is 7.88. The van der Waals surface area contributed by atoms with Crippen LogP contribution >= 0.6 is 0 Å². The van der Waals surface area contributed by atoms with E-state index < -0.39 is 12.0 Å². The Balaban J connectivity index is 2.16. The molecule has 6 nitrogen and oxygen atoms in total. The van der Waals surface area contributed by atoms with Crippen LogP contribution in [0.1, 0.15) is 16.7 Å². The Morgan fingerprint density at radius 1 is 1.12 bits per heavy atom. The summed E-state index contributed by atoms with van der Waals surface area (Å²) in [5, 5.41) is 16.6. The highest BCUT2D eigenvalue weighted by molar-refractivity contribution is 5.94. The molecule has 0 aliphatic carbocycles. The monoisotopic (exact) mass is 339 g/mol. The van der Waals surface area contributed by atoms with E-state index in [1.54, 1.807) is 29.2 Å². The third-order valence-corrected chi connectivity index (χ3v) is 3.90. The molecule has 0 aliphatic heterocycles. The molecule has 0 heterocycles. The van der Waals surface area contributed by atoms with Crippen molar-refractivity contribution in [1.82, 2.24) is 4.90 Å². The number of carboxylic acids is 1. The van der Waals surface area contributed by atoms with Crippen LogP contribution in [0.15, 0.2) is 54.6 Å². The van der Waals surface area contributed by atoms with Gasteiger partial charge in [-0.05, 0) is 17.5 Å². The number of aliphatic carboxylic acids is 1. The van der Waals surface area contributed by atoms with Crippen molar-refractivity contribution in [3.63, 3.8) is 0 Å². The van der Waals surface area contributed by atoms with Crippen LogP contribution in [0.2, 0.25) is 0 Å². The molecule has 0 amide bonds. The van der Waals surface area contributed by atoms with E-state index >= 15 is 0 Å². The molecule has 130 valence electrons. The number of hydrogen-bond acceptors (Lipinski definition) is 4. The summed E-state index contributed by atoms with van der Waals surface area (Å²) >= 11 is 0. The normalized spacial score (nSPS) is 11.9. The van der Waals surface area contributed by atoms with Crippen LogP contribution in [-0.2, 0) is 22.6 Å². The van der Waals surface area contributed by atoms with Crippen molar-refractivity contribution in [3.8, 4) is 0 Å². The van der Waals surface area contributed by atoms with Crippen molar-refractivity contribution < 1.29 is 14.7 Å². The van der Waals surface area contributed by atoms with Gasteiger partial charge in [0, 0.05) is 12.1 Å². The lowest BCUT2D eigenvalue weighted by Crippen LogP contribution is -2.41. The molecule has 0 aromatic heterocycles. The van der Waals surface area contributed by atoms with E-state index in [-0.39, 0.29) is 12.4 Å². The maximum atomic E-state index is 11.6. The zero-order valence-electron chi connectivity index (χ0n) is 13.8. The number of aldehydes is 1. The van der Waals surface area contributed by atoms with Crippen LogP contribution in [0.25, 0.3) is 0 Å². The van der Waals surface area contributed by atoms with Crippen molar-refractivity contribution >= 4 is 18.1 Å². The Morgan fingerprint density at radius 2 is 1.76 bits per heavy atom. The summed E-state index contributed by atoms with van der Waals surface area (Å²) < 4.78 is 0. The molecular weight excluding hydrogens is 318 g/mol. The molecule has 0 spiro atoms. The highest BCUT2D eigenvalue weighted by atomic mass is 16.4. The first kappa shape index (κ1) is 18.4. The van der Waals surface area contributed by atoms with Crippen LogP contribution < -0.4 is 5.73 Å². The number of nitrogens with zero attached hydrogens (tertiary/aromatic N) is 1. The summed E-state index contributed by atoms with van der Waals surface area (Å²) in [7, 11) is 0. The quantitative estimate of drug-likeness (QED) is 0.366.